The van der Waals surface area contributed by atoms with E-state index in [0.717, 1.165) is 38.5 Å². The second-order valence-corrected chi connectivity index (χ2v) is 51.8. The molecule has 236 valence electrons. The number of hydrogen-bond acceptors (Lipinski definition) is 3. The molecule has 13 heteroatoms. The average molecular weight is 747 g/mol. The monoisotopic (exact) mass is 744 g/mol. The molecule has 0 radical (unpaired) electrons. The molecule has 0 aliphatic heterocycles. The van der Waals surface area contributed by atoms with Gasteiger partial charge >= 0.3 is 0 Å². The summed E-state index contributed by atoms with van der Waals surface area (Å²) < 4.78 is 5.79. The number of halogens is 4. The standard InChI is InChI=1S/C26H64Cl4N2SSi6/c1-17-21-23(31(34(5,6)7)35(8,9)10)38(27,28)25(19-3)33-26(20-4)39(29,30)24(22-18-2)32(36(11,12)13)37(14,15)16/h23-26H,17-22H2,1-16H3. The van der Waals surface area contributed by atoms with E-state index in [1.807, 2.05) is 11.8 Å². The molecule has 0 spiro atoms. The van der Waals surface area contributed by atoms with E-state index in [1.165, 1.54) is 0 Å². The fourth-order valence-corrected chi connectivity index (χ4v) is 51.1. The van der Waals surface area contributed by atoms with Gasteiger partial charge in [-0.15, -0.1) is 44.3 Å². The summed E-state index contributed by atoms with van der Waals surface area (Å²) in [5.41, 5.74) is 0.542. The van der Waals surface area contributed by atoms with Crippen LogP contribution >= 0.6 is 56.1 Å². The van der Waals surface area contributed by atoms with Crippen LogP contribution in [0.25, 0.3) is 0 Å². The molecule has 0 saturated heterocycles. The Morgan fingerprint density at radius 3 is 0.872 bits per heavy atom. The Bertz CT molecular complexity index is 648. The normalized spacial score (nSPS) is 18.0. The van der Waals surface area contributed by atoms with Gasteiger partial charge in [-0.2, -0.15) is 11.8 Å². The fraction of sp³-hybridized carbons (Fsp3) is 1.00. The SMILES string of the molecule is CCCC(N([Si](C)(C)C)[Si](C)(C)C)[Si](Cl)(Cl)C(CC)SC(CC)[Si](Cl)(Cl)C(CCC)N([Si](C)(C)C)[Si](C)(C)C. The lowest BCUT2D eigenvalue weighted by Crippen LogP contribution is -2.71. The van der Waals surface area contributed by atoms with E-state index < -0.39 is 46.3 Å². The van der Waals surface area contributed by atoms with E-state index in [9.17, 15) is 0 Å². The fourth-order valence-electron chi connectivity index (χ4n) is 6.96. The molecule has 0 amide bonds. The van der Waals surface area contributed by atoms with Crippen molar-refractivity contribution in [1.29, 1.82) is 0 Å². The number of nitrogens with zero attached hydrogens (tertiary/aromatic N) is 2. The highest BCUT2D eigenvalue weighted by Gasteiger charge is 2.57. The third-order valence-corrected chi connectivity index (χ3v) is 41.1. The molecule has 2 nitrogen and oxygen atoms in total. The van der Waals surface area contributed by atoms with Gasteiger partial charge in [0, 0.05) is 21.1 Å². The van der Waals surface area contributed by atoms with Gasteiger partial charge in [0.2, 0.25) is 0 Å². The summed E-state index contributed by atoms with van der Waals surface area (Å²) in [5.74, 6) is 0. The van der Waals surface area contributed by atoms with Gasteiger partial charge in [-0.05, 0) is 25.7 Å². The van der Waals surface area contributed by atoms with E-state index in [0.29, 0.717) is 0 Å². The van der Waals surface area contributed by atoms with Gasteiger partial charge in [0.25, 0.3) is 13.4 Å². The highest BCUT2D eigenvalue weighted by molar-refractivity contribution is 8.06. The molecule has 0 rings (SSSR count). The molecule has 0 N–H and O–H groups in total. The number of thioether (sulfide) groups is 1. The zero-order valence-electron chi connectivity index (χ0n) is 28.4. The van der Waals surface area contributed by atoms with Crippen LogP contribution in [-0.4, -0.2) is 75.9 Å². The van der Waals surface area contributed by atoms with Crippen molar-refractivity contribution in [2.24, 2.45) is 0 Å². The Labute approximate surface area is 274 Å². The maximum atomic E-state index is 7.77. The number of rotatable bonds is 18. The maximum absolute atomic E-state index is 7.77. The lowest BCUT2D eigenvalue weighted by molar-refractivity contribution is 0.509. The second-order valence-electron chi connectivity index (χ2n) is 15.3. The van der Waals surface area contributed by atoms with E-state index >= 15 is 0 Å². The van der Waals surface area contributed by atoms with Crippen molar-refractivity contribution in [3.05, 3.63) is 0 Å². The Hall–Kier alpha value is 2.73. The zero-order valence-corrected chi connectivity index (χ0v) is 38.2. The molecule has 39 heavy (non-hydrogen) atoms. The van der Waals surface area contributed by atoms with Crippen molar-refractivity contribution in [3.63, 3.8) is 0 Å². The molecule has 0 fully saturated rings. The smallest absolute Gasteiger partial charge is 0.278 e. The molecule has 0 aliphatic carbocycles. The first-order valence-electron chi connectivity index (χ1n) is 15.3. The Morgan fingerprint density at radius 2 is 0.718 bits per heavy atom. The molecular weight excluding hydrogens is 683 g/mol. The van der Waals surface area contributed by atoms with Crippen LogP contribution in [0.2, 0.25) is 78.6 Å². The summed E-state index contributed by atoms with van der Waals surface area (Å²) in [5, 5.41) is 0. The lowest BCUT2D eigenvalue weighted by Gasteiger charge is -2.54. The molecule has 0 bridgehead atoms. The summed E-state index contributed by atoms with van der Waals surface area (Å²) in [6.07, 6.45) is 6.29. The summed E-state index contributed by atoms with van der Waals surface area (Å²) in [6.45, 7) is 33.3. The zero-order chi connectivity index (χ0) is 31.4. The first kappa shape index (κ1) is 41.7. The van der Waals surface area contributed by atoms with Gasteiger partial charge in [0.05, 0.1) is 0 Å². The van der Waals surface area contributed by atoms with Gasteiger partial charge < -0.3 is 8.46 Å². The summed E-state index contributed by atoms with van der Waals surface area (Å²) in [4.78, 5) is 0.410. The van der Waals surface area contributed by atoms with E-state index in [4.69, 9.17) is 44.3 Å². The minimum Gasteiger partial charge on any atom is -0.343 e. The van der Waals surface area contributed by atoms with Crippen molar-refractivity contribution < 1.29 is 0 Å². The van der Waals surface area contributed by atoms with Crippen LogP contribution < -0.4 is 0 Å². The van der Waals surface area contributed by atoms with Crippen LogP contribution in [0, 0.1) is 0 Å². The molecule has 0 saturated carbocycles. The van der Waals surface area contributed by atoms with Gasteiger partial charge in [-0.25, -0.2) is 0 Å². The number of hydrogen-bond donors (Lipinski definition) is 0. The van der Waals surface area contributed by atoms with Crippen LogP contribution in [0.5, 0.6) is 0 Å². The van der Waals surface area contributed by atoms with Crippen molar-refractivity contribution >= 4 is 102 Å². The van der Waals surface area contributed by atoms with Crippen LogP contribution in [-0.2, 0) is 0 Å². The molecule has 0 aromatic heterocycles. The van der Waals surface area contributed by atoms with Gasteiger partial charge in [0.1, 0.15) is 32.9 Å². The lowest BCUT2D eigenvalue weighted by atomic mass is 10.3. The van der Waals surface area contributed by atoms with Crippen molar-refractivity contribution in [2.75, 3.05) is 0 Å². The second kappa shape index (κ2) is 15.8. The van der Waals surface area contributed by atoms with Gasteiger partial charge in [0.15, 0.2) is 0 Å². The third-order valence-electron chi connectivity index (χ3n) is 7.46. The maximum Gasteiger partial charge on any atom is 0.278 e. The molecule has 4 atom stereocenters. The molecule has 0 aliphatic rings. The third kappa shape index (κ3) is 11.6. The van der Waals surface area contributed by atoms with Crippen LogP contribution in [0.4, 0.5) is 0 Å². The first-order valence-corrected chi connectivity index (χ1v) is 38.3. The Balaban J connectivity index is 6.76. The summed E-state index contributed by atoms with van der Waals surface area (Å²) >= 11 is 33.1. The van der Waals surface area contributed by atoms with Crippen LogP contribution in [0.15, 0.2) is 0 Å². The highest BCUT2D eigenvalue weighted by atomic mass is 35.7. The summed E-state index contributed by atoms with van der Waals surface area (Å²) in [6, 6.07) is 0. The van der Waals surface area contributed by atoms with Crippen LogP contribution in [0.3, 0.4) is 0 Å². The predicted molar refractivity (Wildman–Crippen MR) is 205 cm³/mol. The minimum absolute atomic E-state index is 0.205. The Morgan fingerprint density at radius 1 is 0.487 bits per heavy atom. The molecule has 4 unspecified atom stereocenters. The minimum atomic E-state index is -2.77. The van der Waals surface area contributed by atoms with Gasteiger partial charge in [-0.1, -0.05) is 119 Å². The quantitative estimate of drug-likeness (QED) is 0.102. The summed E-state index contributed by atoms with van der Waals surface area (Å²) in [7, 11) is -6.60. The van der Waals surface area contributed by atoms with Crippen molar-refractivity contribution in [2.45, 2.75) is 166 Å². The van der Waals surface area contributed by atoms with Crippen molar-refractivity contribution in [1.82, 2.24) is 8.46 Å². The first-order chi connectivity index (χ1) is 17.3. The van der Waals surface area contributed by atoms with Gasteiger partial charge in [-0.3, -0.25) is 0 Å². The average Bonchev–Trinajstić information content (AvgIpc) is 2.69. The van der Waals surface area contributed by atoms with Crippen LogP contribution in [0.1, 0.15) is 66.2 Å². The van der Waals surface area contributed by atoms with E-state index in [2.05, 4.69) is 115 Å². The molecule has 0 heterocycles. The van der Waals surface area contributed by atoms with E-state index in [-0.39, 0.29) is 21.1 Å². The molecule has 0 aromatic rings. The van der Waals surface area contributed by atoms with E-state index in [1.54, 1.807) is 0 Å². The molecular formula is C26H64Cl4N2SSi6. The largest absolute Gasteiger partial charge is 0.343 e. The van der Waals surface area contributed by atoms with Crippen molar-refractivity contribution in [3.8, 4) is 0 Å². The molecule has 0 aromatic carbocycles. The Kier molecular flexibility index (Phi) is 16.9. The predicted octanol–water partition coefficient (Wildman–Crippen LogP) is 11.6. The highest BCUT2D eigenvalue weighted by Crippen LogP contribution is 2.48. The topological polar surface area (TPSA) is 6.48 Å².